The van der Waals surface area contributed by atoms with Gasteiger partial charge in [-0.15, -0.1) is 23.2 Å². The number of hydrogen-bond acceptors (Lipinski definition) is 8. The second-order valence-electron chi connectivity index (χ2n) is 5.30. The molecular weight excluding hydrogens is 737 g/mol. The van der Waals surface area contributed by atoms with Crippen LogP contribution in [-0.4, -0.2) is 72.7 Å². The van der Waals surface area contributed by atoms with E-state index in [1.165, 1.54) is 0 Å². The highest BCUT2D eigenvalue weighted by atomic mass is 79.9. The third kappa shape index (κ3) is 13.9. The number of phosphoric ester groups is 2. The molecule has 0 aromatic heterocycles. The van der Waals surface area contributed by atoms with Crippen molar-refractivity contribution in [3.8, 4) is 0 Å². The normalized spacial score (nSPS) is 13.2. The Morgan fingerprint density at radius 1 is 0.586 bits per heavy atom. The number of alkyl halides is 6. The van der Waals surface area contributed by atoms with Crippen molar-refractivity contribution in [1.29, 1.82) is 0 Å². The number of hydrogen-bond donors (Lipinski definition) is 0. The van der Waals surface area contributed by atoms with E-state index in [2.05, 4.69) is 63.7 Å². The minimum atomic E-state index is -3.85. The fourth-order valence-electron chi connectivity index (χ4n) is 1.47. The number of phosphoric acid groups is 2. The van der Waals surface area contributed by atoms with Crippen molar-refractivity contribution in [2.75, 3.05) is 72.7 Å². The van der Waals surface area contributed by atoms with Gasteiger partial charge < -0.3 is 0 Å². The lowest BCUT2D eigenvalue weighted by molar-refractivity contribution is 0.0465. The quantitative estimate of drug-likeness (QED) is 0.105. The van der Waals surface area contributed by atoms with Crippen molar-refractivity contribution in [3.05, 3.63) is 0 Å². The van der Waals surface area contributed by atoms with Crippen LogP contribution in [0.4, 0.5) is 0 Å². The molecule has 0 aliphatic heterocycles. The molecule has 0 aliphatic rings. The largest absolute Gasteiger partial charge is 0.474 e. The minimum Gasteiger partial charge on any atom is -0.286 e. The Balaban J connectivity index is 5.16. The van der Waals surface area contributed by atoms with Crippen LogP contribution in [0.1, 0.15) is 0 Å². The maximum Gasteiger partial charge on any atom is 0.474 e. The predicted octanol–water partition coefficient (Wildman–Crippen LogP) is 6.35. The molecule has 0 amide bonds. The molecule has 0 aromatic rings. The van der Waals surface area contributed by atoms with Gasteiger partial charge in [0.25, 0.3) is 0 Å². The lowest BCUT2D eigenvalue weighted by atomic mass is 9.96. The van der Waals surface area contributed by atoms with Crippen molar-refractivity contribution in [3.63, 3.8) is 0 Å². The van der Waals surface area contributed by atoms with Crippen LogP contribution < -0.4 is 0 Å². The fourth-order valence-corrected chi connectivity index (χ4v) is 6.29. The van der Waals surface area contributed by atoms with E-state index in [4.69, 9.17) is 50.3 Å². The van der Waals surface area contributed by atoms with Crippen molar-refractivity contribution in [1.82, 2.24) is 0 Å². The van der Waals surface area contributed by atoms with Crippen LogP contribution >= 0.6 is 103 Å². The third-order valence-corrected chi connectivity index (χ3v) is 8.25. The molecule has 16 heteroatoms. The Morgan fingerprint density at radius 2 is 0.862 bits per heavy atom. The first kappa shape index (κ1) is 31.7. The summed E-state index contributed by atoms with van der Waals surface area (Å²) in [5.74, 6) is -0.0748. The molecule has 0 saturated carbocycles. The molecule has 176 valence electrons. The first-order valence-corrected chi connectivity index (χ1v) is 16.7. The summed E-state index contributed by atoms with van der Waals surface area (Å²) in [5.41, 5.74) is -1.04. The SMILES string of the molecule is O=P(OCCBr)(OCCBr)OCC(CCl)(CCl)COP(=O)(OCCBr)OCCBr. The molecule has 0 saturated heterocycles. The summed E-state index contributed by atoms with van der Waals surface area (Å²) >= 11 is 24.9. The summed E-state index contributed by atoms with van der Waals surface area (Å²) in [4.78, 5) is 0. The second kappa shape index (κ2) is 18.1. The Hall–Kier alpha value is 2.72. The Morgan fingerprint density at radius 3 is 1.07 bits per heavy atom. The standard InChI is InChI=1S/C13H24Br4Cl2O8P2/c14-1-5-22-28(20,23-6-2-15)26-11-13(9-18,10-19)12-27-29(21,24-7-3-16)25-8-4-17/h1-12H2. The lowest BCUT2D eigenvalue weighted by Crippen LogP contribution is -2.36. The summed E-state index contributed by atoms with van der Waals surface area (Å²) in [6, 6.07) is 0. The molecule has 0 aliphatic carbocycles. The lowest BCUT2D eigenvalue weighted by Gasteiger charge is -2.31. The van der Waals surface area contributed by atoms with Gasteiger partial charge in [0.2, 0.25) is 0 Å². The maximum absolute atomic E-state index is 12.7. The molecule has 0 bridgehead atoms. The van der Waals surface area contributed by atoms with Crippen molar-refractivity contribution in [2.45, 2.75) is 0 Å². The van der Waals surface area contributed by atoms with Crippen LogP contribution in [0.15, 0.2) is 0 Å². The topological polar surface area (TPSA) is 89.5 Å². The van der Waals surface area contributed by atoms with Gasteiger partial charge in [-0.3, -0.25) is 27.1 Å². The van der Waals surface area contributed by atoms with Crippen molar-refractivity contribution >= 4 is 103 Å². The highest BCUT2D eigenvalue weighted by Gasteiger charge is 2.39. The molecular formula is C13H24Br4Cl2O8P2. The monoisotopic (exact) mass is 756 g/mol. The van der Waals surface area contributed by atoms with Gasteiger partial charge in [0, 0.05) is 38.5 Å². The van der Waals surface area contributed by atoms with E-state index in [9.17, 15) is 9.13 Å². The van der Waals surface area contributed by atoms with Crippen molar-refractivity contribution in [2.24, 2.45) is 5.41 Å². The van der Waals surface area contributed by atoms with E-state index in [0.717, 1.165) is 0 Å². The summed E-state index contributed by atoms with van der Waals surface area (Å²) in [6.07, 6.45) is 0. The Kier molecular flexibility index (Phi) is 19.8. The van der Waals surface area contributed by atoms with Gasteiger partial charge >= 0.3 is 15.6 Å². The average molecular weight is 761 g/mol. The predicted molar refractivity (Wildman–Crippen MR) is 130 cm³/mol. The molecule has 0 aromatic carbocycles. The Labute approximate surface area is 215 Å². The second-order valence-corrected chi connectivity index (χ2v) is 12.3. The zero-order valence-corrected chi connectivity index (χ0v) is 25.1. The van der Waals surface area contributed by atoms with Crippen LogP contribution in [0.3, 0.4) is 0 Å². The van der Waals surface area contributed by atoms with E-state index in [-0.39, 0.29) is 51.4 Å². The van der Waals surface area contributed by atoms with Gasteiger partial charge in [0.15, 0.2) is 0 Å². The minimum absolute atomic E-state index is 0.0374. The fraction of sp³-hybridized carbons (Fsp3) is 1.00. The highest BCUT2D eigenvalue weighted by Crippen LogP contribution is 2.53. The molecule has 8 nitrogen and oxygen atoms in total. The van der Waals surface area contributed by atoms with Gasteiger partial charge in [-0.05, 0) is 0 Å². The smallest absolute Gasteiger partial charge is 0.286 e. The first-order valence-electron chi connectivity index (χ1n) is 8.21. The number of halogens is 6. The van der Waals surface area contributed by atoms with Gasteiger partial charge in [0.1, 0.15) is 0 Å². The zero-order chi connectivity index (χ0) is 22.2. The maximum atomic E-state index is 12.7. The summed E-state index contributed by atoms with van der Waals surface area (Å²) in [5, 5.41) is 1.76. The average Bonchev–Trinajstić information content (AvgIpc) is 2.74. The molecule has 0 atom stereocenters. The molecule has 0 heterocycles. The Bertz CT molecular complexity index is 455. The van der Waals surface area contributed by atoms with Gasteiger partial charge in [-0.1, -0.05) is 63.7 Å². The van der Waals surface area contributed by atoms with Crippen LogP contribution in [0, 0.1) is 5.41 Å². The van der Waals surface area contributed by atoms with Gasteiger partial charge in [0.05, 0.1) is 39.6 Å². The summed E-state index contributed by atoms with van der Waals surface area (Å²) in [6.45, 7) is 0.000608. The molecule has 0 rings (SSSR count). The third-order valence-electron chi connectivity index (χ3n) is 2.93. The number of rotatable bonds is 20. The molecule has 0 fully saturated rings. The van der Waals surface area contributed by atoms with E-state index >= 15 is 0 Å². The van der Waals surface area contributed by atoms with E-state index in [0.29, 0.717) is 21.3 Å². The van der Waals surface area contributed by atoms with E-state index < -0.39 is 21.1 Å². The van der Waals surface area contributed by atoms with E-state index in [1.54, 1.807) is 0 Å². The molecule has 0 unspecified atom stereocenters. The van der Waals surface area contributed by atoms with Crippen molar-refractivity contribution < 1.29 is 36.3 Å². The molecule has 0 radical (unpaired) electrons. The first-order chi connectivity index (χ1) is 13.8. The van der Waals surface area contributed by atoms with E-state index in [1.807, 2.05) is 0 Å². The van der Waals surface area contributed by atoms with Crippen LogP contribution in [0.25, 0.3) is 0 Å². The zero-order valence-electron chi connectivity index (χ0n) is 15.4. The van der Waals surface area contributed by atoms with Gasteiger partial charge in [-0.25, -0.2) is 9.13 Å². The summed E-state index contributed by atoms with van der Waals surface area (Å²) in [7, 11) is -7.70. The molecule has 0 N–H and O–H groups in total. The van der Waals surface area contributed by atoms with Crippen LogP contribution in [0.5, 0.6) is 0 Å². The van der Waals surface area contributed by atoms with Gasteiger partial charge in [-0.2, -0.15) is 0 Å². The molecule has 0 spiro atoms. The van der Waals surface area contributed by atoms with Crippen LogP contribution in [0.2, 0.25) is 0 Å². The summed E-state index contributed by atoms with van der Waals surface area (Å²) < 4.78 is 57.2. The highest BCUT2D eigenvalue weighted by molar-refractivity contribution is 9.09. The molecule has 29 heavy (non-hydrogen) atoms. The van der Waals surface area contributed by atoms with Crippen LogP contribution in [-0.2, 0) is 36.3 Å².